The van der Waals surface area contributed by atoms with Gasteiger partial charge in [0.1, 0.15) is 5.76 Å². The molecule has 0 radical (unpaired) electrons. The minimum atomic E-state index is -2.45. The van der Waals surface area contributed by atoms with E-state index in [9.17, 15) is 18.7 Å². The van der Waals surface area contributed by atoms with Crippen molar-refractivity contribution in [3.8, 4) is 0 Å². The fourth-order valence-electron chi connectivity index (χ4n) is 1.94. The number of furan rings is 1. The summed E-state index contributed by atoms with van der Waals surface area (Å²) in [5.41, 5.74) is 0. The Morgan fingerprint density at radius 2 is 2.16 bits per heavy atom. The number of nitrogens with zero attached hydrogens (tertiary/aromatic N) is 1. The summed E-state index contributed by atoms with van der Waals surface area (Å²) in [6, 6.07) is 3.05. The molecule has 1 aromatic heterocycles. The summed E-state index contributed by atoms with van der Waals surface area (Å²) in [7, 11) is 0. The van der Waals surface area contributed by atoms with E-state index in [4.69, 9.17) is 4.42 Å². The Labute approximate surface area is 113 Å². The molecule has 0 spiro atoms. The minimum Gasteiger partial charge on any atom is -0.455 e. The van der Waals surface area contributed by atoms with Gasteiger partial charge in [0, 0.05) is 13.1 Å². The largest absolute Gasteiger partial charge is 0.455 e. The number of thioether (sulfide) groups is 1. The smallest absolute Gasteiger partial charge is 0.289 e. The van der Waals surface area contributed by atoms with E-state index in [1.165, 1.54) is 6.07 Å². The molecular weight excluding hydrogens is 276 g/mol. The fraction of sp³-hybridized carbons (Fsp3) is 0.583. The molecule has 1 amide bonds. The predicted molar refractivity (Wildman–Crippen MR) is 67.2 cm³/mol. The summed E-state index contributed by atoms with van der Waals surface area (Å²) in [4.78, 5) is 13.7. The van der Waals surface area contributed by atoms with Crippen LogP contribution in [0.2, 0.25) is 0 Å². The second-order valence-corrected chi connectivity index (χ2v) is 5.34. The van der Waals surface area contributed by atoms with E-state index in [-0.39, 0.29) is 23.5 Å². The van der Waals surface area contributed by atoms with Crippen LogP contribution in [0.3, 0.4) is 0 Å². The lowest BCUT2D eigenvalue weighted by Gasteiger charge is -2.28. The zero-order valence-electron chi connectivity index (χ0n) is 10.2. The van der Waals surface area contributed by atoms with Crippen molar-refractivity contribution in [3.05, 3.63) is 23.7 Å². The Morgan fingerprint density at radius 3 is 2.79 bits per heavy atom. The predicted octanol–water partition coefficient (Wildman–Crippen LogP) is 2.33. The summed E-state index contributed by atoms with van der Waals surface area (Å²) in [6.07, 6.45) is 0.764. The normalized spacial score (nSPS) is 17.2. The van der Waals surface area contributed by atoms with Gasteiger partial charge >= 0.3 is 0 Å². The molecule has 2 heterocycles. The topological polar surface area (TPSA) is 53.7 Å². The zero-order valence-corrected chi connectivity index (χ0v) is 11.0. The SMILES string of the molecule is O=C(c1ccc(CSC(F)F)o1)N1CCC(O)CC1. The third-order valence-corrected chi connectivity index (χ3v) is 3.68. The molecule has 1 saturated heterocycles. The number of hydrogen-bond donors (Lipinski definition) is 1. The molecule has 1 aromatic rings. The quantitative estimate of drug-likeness (QED) is 0.925. The number of hydrogen-bond acceptors (Lipinski definition) is 4. The van der Waals surface area contributed by atoms with Crippen LogP contribution in [-0.4, -0.2) is 40.9 Å². The van der Waals surface area contributed by atoms with Crippen molar-refractivity contribution in [1.29, 1.82) is 0 Å². The summed E-state index contributed by atoms with van der Waals surface area (Å²) in [5, 5.41) is 9.37. The summed E-state index contributed by atoms with van der Waals surface area (Å²) < 4.78 is 29.3. The van der Waals surface area contributed by atoms with Crippen LogP contribution in [0.1, 0.15) is 29.2 Å². The average Bonchev–Trinajstić information content (AvgIpc) is 2.85. The van der Waals surface area contributed by atoms with Crippen LogP contribution < -0.4 is 0 Å². The van der Waals surface area contributed by atoms with Crippen LogP contribution in [0.15, 0.2) is 16.5 Å². The van der Waals surface area contributed by atoms with Crippen molar-refractivity contribution in [3.63, 3.8) is 0 Å². The van der Waals surface area contributed by atoms with Crippen LogP contribution in [0.4, 0.5) is 8.78 Å². The van der Waals surface area contributed by atoms with Gasteiger partial charge in [-0.25, -0.2) is 0 Å². The molecule has 106 valence electrons. The summed E-state index contributed by atoms with van der Waals surface area (Å²) in [5.74, 6) is -2.12. The molecule has 0 unspecified atom stereocenters. The number of aliphatic hydroxyl groups is 1. The highest BCUT2D eigenvalue weighted by Crippen LogP contribution is 2.22. The molecule has 19 heavy (non-hydrogen) atoms. The second-order valence-electron chi connectivity index (χ2n) is 4.36. The zero-order chi connectivity index (χ0) is 13.8. The molecule has 0 saturated carbocycles. The van der Waals surface area contributed by atoms with Gasteiger partial charge in [-0.2, -0.15) is 8.78 Å². The lowest BCUT2D eigenvalue weighted by atomic mass is 10.1. The molecule has 2 rings (SSSR count). The van der Waals surface area contributed by atoms with Crippen molar-refractivity contribution >= 4 is 17.7 Å². The highest BCUT2D eigenvalue weighted by atomic mass is 32.2. The Bertz CT molecular complexity index is 430. The van der Waals surface area contributed by atoms with E-state index in [1.54, 1.807) is 11.0 Å². The number of piperidine rings is 1. The van der Waals surface area contributed by atoms with Crippen LogP contribution in [-0.2, 0) is 5.75 Å². The van der Waals surface area contributed by atoms with Crippen molar-refractivity contribution in [2.45, 2.75) is 30.5 Å². The number of carbonyl (C=O) groups excluding carboxylic acids is 1. The van der Waals surface area contributed by atoms with Crippen molar-refractivity contribution in [2.75, 3.05) is 13.1 Å². The Balaban J connectivity index is 1.92. The van der Waals surface area contributed by atoms with Crippen molar-refractivity contribution in [1.82, 2.24) is 4.90 Å². The maximum atomic E-state index is 12.1. The first kappa shape index (κ1) is 14.3. The maximum absolute atomic E-state index is 12.1. The number of rotatable bonds is 4. The minimum absolute atomic E-state index is 0.0453. The average molecular weight is 291 g/mol. The Kier molecular flexibility index (Phi) is 4.81. The van der Waals surface area contributed by atoms with Gasteiger partial charge in [0.2, 0.25) is 0 Å². The van der Waals surface area contributed by atoms with E-state index < -0.39 is 5.76 Å². The van der Waals surface area contributed by atoms with Gasteiger partial charge in [0.05, 0.1) is 11.9 Å². The number of aliphatic hydroxyl groups excluding tert-OH is 1. The van der Waals surface area contributed by atoms with Gasteiger partial charge < -0.3 is 14.4 Å². The molecular formula is C12H15F2NO3S. The molecule has 0 bridgehead atoms. The van der Waals surface area contributed by atoms with Crippen LogP contribution >= 0.6 is 11.8 Å². The highest BCUT2D eigenvalue weighted by molar-refractivity contribution is 7.98. The van der Waals surface area contributed by atoms with E-state index in [2.05, 4.69) is 0 Å². The number of carbonyl (C=O) groups is 1. The standard InChI is InChI=1S/C12H15F2NO3S/c13-12(14)19-7-9-1-2-10(18-9)11(17)15-5-3-8(16)4-6-15/h1-2,8,12,16H,3-7H2. The van der Waals surface area contributed by atoms with E-state index >= 15 is 0 Å². The molecule has 0 aliphatic carbocycles. The molecule has 1 N–H and O–H groups in total. The van der Waals surface area contributed by atoms with Crippen LogP contribution in [0.5, 0.6) is 0 Å². The van der Waals surface area contributed by atoms with Gasteiger partial charge in [-0.3, -0.25) is 4.79 Å². The van der Waals surface area contributed by atoms with Gasteiger partial charge in [-0.15, -0.1) is 0 Å². The Morgan fingerprint density at radius 1 is 1.47 bits per heavy atom. The fourth-order valence-corrected chi connectivity index (χ4v) is 2.39. The molecule has 0 atom stereocenters. The number of alkyl halides is 2. The van der Waals surface area contributed by atoms with Crippen molar-refractivity contribution < 1.29 is 23.1 Å². The molecule has 7 heteroatoms. The molecule has 1 aliphatic rings. The number of likely N-dealkylation sites (tertiary alicyclic amines) is 1. The molecule has 1 fully saturated rings. The summed E-state index contributed by atoms with van der Waals surface area (Å²) in [6.45, 7) is 0.976. The second kappa shape index (κ2) is 6.38. The van der Waals surface area contributed by atoms with Gasteiger partial charge in [-0.05, 0) is 25.0 Å². The lowest BCUT2D eigenvalue weighted by molar-refractivity contribution is 0.0519. The number of halogens is 2. The third-order valence-electron chi connectivity index (χ3n) is 2.98. The third kappa shape index (κ3) is 3.94. The first-order valence-corrected chi connectivity index (χ1v) is 7.07. The van der Waals surface area contributed by atoms with Gasteiger partial charge in [-0.1, -0.05) is 11.8 Å². The summed E-state index contributed by atoms with van der Waals surface area (Å²) >= 11 is 0.460. The van der Waals surface area contributed by atoms with Crippen LogP contribution in [0, 0.1) is 0 Å². The first-order valence-electron chi connectivity index (χ1n) is 6.02. The van der Waals surface area contributed by atoms with E-state index in [1.807, 2.05) is 0 Å². The monoisotopic (exact) mass is 291 g/mol. The van der Waals surface area contributed by atoms with Crippen LogP contribution in [0.25, 0.3) is 0 Å². The van der Waals surface area contributed by atoms with E-state index in [0.717, 1.165) is 0 Å². The van der Waals surface area contributed by atoms with Gasteiger partial charge in [0.15, 0.2) is 5.76 Å². The number of amides is 1. The molecule has 0 aromatic carbocycles. The van der Waals surface area contributed by atoms with Crippen molar-refractivity contribution in [2.24, 2.45) is 0 Å². The van der Waals surface area contributed by atoms with E-state index in [0.29, 0.717) is 43.5 Å². The maximum Gasteiger partial charge on any atom is 0.289 e. The molecule has 1 aliphatic heterocycles. The lowest BCUT2D eigenvalue weighted by Crippen LogP contribution is -2.39. The van der Waals surface area contributed by atoms with Gasteiger partial charge in [0.25, 0.3) is 11.7 Å². The first-order chi connectivity index (χ1) is 9.06. The molecule has 4 nitrogen and oxygen atoms in total. The Hall–Kier alpha value is -1.08. The highest BCUT2D eigenvalue weighted by Gasteiger charge is 2.24.